The van der Waals surface area contributed by atoms with Crippen LogP contribution in [0.25, 0.3) is 0 Å². The van der Waals surface area contributed by atoms with Gasteiger partial charge in [-0.1, -0.05) is 0 Å². The highest BCUT2D eigenvalue weighted by atomic mass is 16.5. The molecule has 3 N–H and O–H groups in total. The van der Waals surface area contributed by atoms with Gasteiger partial charge in [-0.3, -0.25) is 5.43 Å². The first-order valence-electron chi connectivity index (χ1n) is 6.87. The van der Waals surface area contributed by atoms with E-state index in [4.69, 9.17) is 10.6 Å². The summed E-state index contributed by atoms with van der Waals surface area (Å²) in [7, 11) is 8.00. The van der Waals surface area contributed by atoms with E-state index >= 15 is 0 Å². The van der Waals surface area contributed by atoms with Gasteiger partial charge in [0, 0.05) is 26.2 Å². The lowest BCUT2D eigenvalue weighted by Crippen LogP contribution is -2.59. The molecule has 0 heterocycles. The first kappa shape index (κ1) is 16.2. The molecule has 0 amide bonds. The summed E-state index contributed by atoms with van der Waals surface area (Å²) >= 11 is 0. The normalized spacial score (nSPS) is 20.1. The second-order valence-electron chi connectivity index (χ2n) is 5.73. The number of hydrogen-bond donors (Lipinski definition) is 2. The zero-order chi connectivity index (χ0) is 14.5. The molecule has 1 aliphatic carbocycles. The van der Waals surface area contributed by atoms with E-state index in [0.717, 1.165) is 12.5 Å². The Bertz CT molecular complexity index is 301. The van der Waals surface area contributed by atoms with Crippen LogP contribution in [0.15, 0.2) is 4.99 Å². The summed E-state index contributed by atoms with van der Waals surface area (Å²) in [6, 6.07) is 0.0928. The summed E-state index contributed by atoms with van der Waals surface area (Å²) in [5.74, 6) is 6.32. The van der Waals surface area contributed by atoms with E-state index < -0.39 is 0 Å². The highest BCUT2D eigenvalue weighted by molar-refractivity contribution is 5.79. The summed E-state index contributed by atoms with van der Waals surface area (Å²) in [5.41, 5.74) is 2.96. The number of nitrogens with two attached hydrogens (primary N) is 1. The summed E-state index contributed by atoms with van der Waals surface area (Å²) < 4.78 is 5.10. The van der Waals surface area contributed by atoms with E-state index in [-0.39, 0.29) is 11.6 Å². The van der Waals surface area contributed by atoms with Crippen molar-refractivity contribution in [3.8, 4) is 0 Å². The minimum absolute atomic E-state index is 0.0928. The molecule has 112 valence electrons. The van der Waals surface area contributed by atoms with E-state index in [1.54, 1.807) is 7.11 Å². The third-order valence-corrected chi connectivity index (χ3v) is 4.01. The van der Waals surface area contributed by atoms with Gasteiger partial charge in [0.1, 0.15) is 0 Å². The Labute approximate surface area is 117 Å². The van der Waals surface area contributed by atoms with Crippen molar-refractivity contribution in [3.63, 3.8) is 0 Å². The minimum atomic E-state index is 0.0928. The molecule has 0 aromatic rings. The molecular weight excluding hydrogens is 242 g/mol. The van der Waals surface area contributed by atoms with Gasteiger partial charge in [-0.2, -0.15) is 0 Å². The molecular formula is C13H29N5O. The van der Waals surface area contributed by atoms with Crippen molar-refractivity contribution in [3.05, 3.63) is 0 Å². The zero-order valence-electron chi connectivity index (χ0n) is 12.9. The number of likely N-dealkylation sites (N-methyl/N-ethyl adjacent to an activating group) is 2. The molecule has 1 rings (SSSR count). The Kier molecular flexibility index (Phi) is 6.03. The predicted molar refractivity (Wildman–Crippen MR) is 79.0 cm³/mol. The number of nitrogens with zero attached hydrogens (tertiary/aromatic N) is 3. The van der Waals surface area contributed by atoms with Crippen LogP contribution in [0.4, 0.5) is 0 Å². The Morgan fingerprint density at radius 1 is 1.42 bits per heavy atom. The van der Waals surface area contributed by atoms with E-state index in [9.17, 15) is 0 Å². The van der Waals surface area contributed by atoms with Gasteiger partial charge < -0.3 is 14.5 Å². The maximum Gasteiger partial charge on any atom is 0.208 e. The third kappa shape index (κ3) is 4.06. The zero-order valence-corrected chi connectivity index (χ0v) is 12.9. The van der Waals surface area contributed by atoms with Gasteiger partial charge in [0.2, 0.25) is 5.96 Å². The fraction of sp³-hybridized carbons (Fsp3) is 0.923. The lowest BCUT2D eigenvalue weighted by atomic mass is 9.75. The maximum atomic E-state index is 5.60. The number of hydrazine groups is 1. The van der Waals surface area contributed by atoms with E-state index in [0.29, 0.717) is 6.61 Å². The standard InChI is InChI=1S/C13H29N5O/c1-11(9-19-5)15-12(16-14)18(4)10-13(17(2)3)7-6-8-13/h11H,6-10,14H2,1-5H3,(H,15,16). The lowest BCUT2D eigenvalue weighted by molar-refractivity contribution is 0.0422. The summed E-state index contributed by atoms with van der Waals surface area (Å²) in [6.07, 6.45) is 3.76. The number of ether oxygens (including phenoxy) is 1. The molecule has 1 saturated carbocycles. The van der Waals surface area contributed by atoms with Crippen molar-refractivity contribution in [2.75, 3.05) is 41.4 Å². The largest absolute Gasteiger partial charge is 0.382 e. The van der Waals surface area contributed by atoms with Crippen LogP contribution < -0.4 is 11.3 Å². The van der Waals surface area contributed by atoms with Crippen LogP contribution in [0.1, 0.15) is 26.2 Å². The van der Waals surface area contributed by atoms with Crippen LogP contribution in [0.2, 0.25) is 0 Å². The molecule has 6 heteroatoms. The summed E-state index contributed by atoms with van der Waals surface area (Å²) in [4.78, 5) is 8.97. The highest BCUT2D eigenvalue weighted by Crippen LogP contribution is 2.36. The van der Waals surface area contributed by atoms with Crippen molar-refractivity contribution in [1.82, 2.24) is 15.2 Å². The van der Waals surface area contributed by atoms with Crippen LogP contribution in [-0.2, 0) is 4.74 Å². The van der Waals surface area contributed by atoms with Gasteiger partial charge >= 0.3 is 0 Å². The van der Waals surface area contributed by atoms with Crippen molar-refractivity contribution in [1.29, 1.82) is 0 Å². The third-order valence-electron chi connectivity index (χ3n) is 4.01. The SMILES string of the molecule is COCC(C)N=C(NN)N(C)CC1(N(C)C)CCC1. The van der Waals surface area contributed by atoms with E-state index in [1.165, 1.54) is 19.3 Å². The molecule has 0 spiro atoms. The summed E-state index contributed by atoms with van der Waals surface area (Å²) in [6.45, 7) is 3.54. The first-order chi connectivity index (χ1) is 8.95. The molecule has 1 unspecified atom stereocenters. The molecule has 0 radical (unpaired) electrons. The van der Waals surface area contributed by atoms with Crippen LogP contribution in [0.3, 0.4) is 0 Å². The average Bonchev–Trinajstić information content (AvgIpc) is 2.30. The molecule has 0 aromatic carbocycles. The lowest BCUT2D eigenvalue weighted by Gasteiger charge is -2.49. The Balaban J connectivity index is 2.65. The quantitative estimate of drug-likeness (QED) is 0.314. The number of hydrogen-bond acceptors (Lipinski definition) is 4. The van der Waals surface area contributed by atoms with E-state index in [1.807, 2.05) is 14.0 Å². The van der Waals surface area contributed by atoms with Crippen molar-refractivity contribution in [2.45, 2.75) is 37.8 Å². The van der Waals surface area contributed by atoms with Crippen LogP contribution in [0.5, 0.6) is 0 Å². The topological polar surface area (TPSA) is 66.1 Å². The molecule has 6 nitrogen and oxygen atoms in total. The van der Waals surface area contributed by atoms with Crippen molar-refractivity contribution in [2.24, 2.45) is 10.8 Å². The van der Waals surface area contributed by atoms with Gasteiger partial charge in [0.05, 0.1) is 12.6 Å². The van der Waals surface area contributed by atoms with Gasteiger partial charge in [0.15, 0.2) is 0 Å². The van der Waals surface area contributed by atoms with Gasteiger partial charge in [-0.15, -0.1) is 0 Å². The Morgan fingerprint density at radius 2 is 2.05 bits per heavy atom. The number of guanidine groups is 1. The van der Waals surface area contributed by atoms with Crippen LogP contribution in [-0.4, -0.2) is 68.7 Å². The highest BCUT2D eigenvalue weighted by Gasteiger charge is 2.40. The smallest absolute Gasteiger partial charge is 0.208 e. The number of aliphatic imine (C=N–C) groups is 1. The van der Waals surface area contributed by atoms with Crippen molar-refractivity contribution >= 4 is 5.96 Å². The molecule has 1 atom stereocenters. The second kappa shape index (κ2) is 7.07. The molecule has 19 heavy (non-hydrogen) atoms. The molecule has 0 aliphatic heterocycles. The average molecular weight is 271 g/mol. The molecule has 0 aromatic heterocycles. The molecule has 0 saturated heterocycles. The fourth-order valence-electron chi connectivity index (χ4n) is 2.58. The van der Waals surface area contributed by atoms with Crippen LogP contribution in [0, 0.1) is 0 Å². The first-order valence-corrected chi connectivity index (χ1v) is 6.87. The van der Waals surface area contributed by atoms with Crippen LogP contribution >= 0.6 is 0 Å². The maximum absolute atomic E-state index is 5.60. The molecule has 0 bridgehead atoms. The molecule has 1 aliphatic rings. The minimum Gasteiger partial charge on any atom is -0.382 e. The van der Waals surface area contributed by atoms with Gasteiger partial charge in [0.25, 0.3) is 0 Å². The fourth-order valence-corrected chi connectivity index (χ4v) is 2.58. The number of nitrogens with one attached hydrogen (secondary N) is 1. The number of rotatable bonds is 6. The predicted octanol–water partition coefficient (Wildman–Crippen LogP) is 0.257. The Hall–Kier alpha value is -0.850. The van der Waals surface area contributed by atoms with E-state index in [2.05, 4.69) is 34.3 Å². The number of methoxy groups -OCH3 is 1. The Morgan fingerprint density at radius 3 is 2.42 bits per heavy atom. The van der Waals surface area contributed by atoms with Crippen molar-refractivity contribution < 1.29 is 4.74 Å². The van der Waals surface area contributed by atoms with Gasteiger partial charge in [-0.05, 0) is 40.3 Å². The van der Waals surface area contributed by atoms with Gasteiger partial charge in [-0.25, -0.2) is 10.8 Å². The monoisotopic (exact) mass is 271 g/mol. The second-order valence-corrected chi connectivity index (χ2v) is 5.73. The summed E-state index contributed by atoms with van der Waals surface area (Å²) in [5, 5.41) is 0. The molecule has 1 fully saturated rings.